The van der Waals surface area contributed by atoms with E-state index in [4.69, 9.17) is 5.26 Å². The number of aromatic nitrogens is 2. The first kappa shape index (κ1) is 12.8. The first-order chi connectivity index (χ1) is 8.41. The largest absolute Gasteiger partial charge is 0.299 e. The van der Waals surface area contributed by atoms with Gasteiger partial charge in [0.25, 0.3) is 0 Å². The van der Waals surface area contributed by atoms with Crippen molar-refractivity contribution >= 4 is 37.5 Å². The summed E-state index contributed by atoms with van der Waals surface area (Å²) in [5.74, 6) is 0. The molecule has 0 aromatic carbocycles. The number of allylic oxidation sites excluding steroid dienone is 1. The Morgan fingerprint density at radius 2 is 2.28 bits per heavy atom. The van der Waals surface area contributed by atoms with Crippen LogP contribution in [-0.2, 0) is 9.84 Å². The van der Waals surface area contributed by atoms with Crippen LogP contribution < -0.4 is 0 Å². The number of fused-ring (bicyclic) bond motifs is 1. The molecule has 0 aliphatic heterocycles. The minimum Gasteiger partial charge on any atom is -0.299 e. The van der Waals surface area contributed by atoms with Gasteiger partial charge in [-0.15, -0.1) is 0 Å². The van der Waals surface area contributed by atoms with E-state index in [1.54, 1.807) is 22.7 Å². The standard InChI is InChI=1S/C11H8BrN3O2S/c1-18(16,17)10(5-13)4-9-6-14-11-3-2-8(12)7-15(9)11/h2-4,6-7H,1H3/b10-4+. The number of halogens is 1. The molecule has 0 fully saturated rings. The lowest BCUT2D eigenvalue weighted by molar-refractivity contribution is 0.609. The monoisotopic (exact) mass is 325 g/mol. The van der Waals surface area contributed by atoms with Gasteiger partial charge in [0.15, 0.2) is 9.84 Å². The molecule has 2 rings (SSSR count). The molecule has 7 heteroatoms. The lowest BCUT2D eigenvalue weighted by Crippen LogP contribution is -1.99. The molecule has 0 aliphatic carbocycles. The predicted molar refractivity (Wildman–Crippen MR) is 71.3 cm³/mol. The summed E-state index contributed by atoms with van der Waals surface area (Å²) in [7, 11) is -3.52. The summed E-state index contributed by atoms with van der Waals surface area (Å²) in [4.78, 5) is 3.83. The number of nitrogens with zero attached hydrogens (tertiary/aromatic N) is 3. The Hall–Kier alpha value is -1.65. The number of pyridine rings is 1. The molecule has 0 aliphatic rings. The highest BCUT2D eigenvalue weighted by atomic mass is 79.9. The molecule has 2 aromatic rings. The Morgan fingerprint density at radius 3 is 2.89 bits per heavy atom. The van der Waals surface area contributed by atoms with Crippen molar-refractivity contribution in [3.63, 3.8) is 0 Å². The van der Waals surface area contributed by atoms with Gasteiger partial charge in [0, 0.05) is 16.9 Å². The van der Waals surface area contributed by atoms with E-state index in [0.29, 0.717) is 11.3 Å². The fourth-order valence-corrected chi connectivity index (χ4v) is 2.27. The van der Waals surface area contributed by atoms with Crippen molar-refractivity contribution in [2.45, 2.75) is 0 Å². The second-order valence-electron chi connectivity index (χ2n) is 3.65. The third-order valence-corrected chi connectivity index (χ3v) is 3.76. The molecule has 0 N–H and O–H groups in total. The van der Waals surface area contributed by atoms with Crippen LogP contribution in [0.15, 0.2) is 33.9 Å². The van der Waals surface area contributed by atoms with Gasteiger partial charge in [-0.1, -0.05) is 0 Å². The number of sulfone groups is 1. The van der Waals surface area contributed by atoms with E-state index in [2.05, 4.69) is 20.9 Å². The molecule has 2 aromatic heterocycles. The zero-order valence-corrected chi connectivity index (χ0v) is 11.7. The Labute approximate surface area is 112 Å². The summed E-state index contributed by atoms with van der Waals surface area (Å²) >= 11 is 3.32. The maximum atomic E-state index is 11.4. The van der Waals surface area contributed by atoms with Crippen LogP contribution in [0.2, 0.25) is 0 Å². The number of hydrogen-bond donors (Lipinski definition) is 0. The average Bonchev–Trinajstić information content (AvgIpc) is 2.66. The SMILES string of the molecule is CS(=O)(=O)/C(C#N)=C/c1cnc2ccc(Br)cn12. The van der Waals surface area contributed by atoms with Crippen LogP contribution >= 0.6 is 15.9 Å². The summed E-state index contributed by atoms with van der Waals surface area (Å²) in [6.07, 6.45) is 5.58. The lowest BCUT2D eigenvalue weighted by atomic mass is 10.4. The highest BCUT2D eigenvalue weighted by Crippen LogP contribution is 2.16. The van der Waals surface area contributed by atoms with E-state index in [1.807, 2.05) is 6.07 Å². The zero-order valence-electron chi connectivity index (χ0n) is 9.33. The molecule has 0 spiro atoms. The summed E-state index contributed by atoms with van der Waals surface area (Å²) in [6, 6.07) is 5.30. The maximum Gasteiger partial charge on any atom is 0.185 e. The van der Waals surface area contributed by atoms with Gasteiger partial charge >= 0.3 is 0 Å². The number of hydrogen-bond acceptors (Lipinski definition) is 4. The third-order valence-electron chi connectivity index (χ3n) is 2.29. The van der Waals surface area contributed by atoms with Crippen molar-refractivity contribution in [1.29, 1.82) is 5.26 Å². The lowest BCUT2D eigenvalue weighted by Gasteiger charge is -1.98. The quantitative estimate of drug-likeness (QED) is 0.791. The summed E-state index contributed by atoms with van der Waals surface area (Å²) in [6.45, 7) is 0. The normalized spacial score (nSPS) is 12.6. The summed E-state index contributed by atoms with van der Waals surface area (Å²) in [5.41, 5.74) is 1.21. The predicted octanol–water partition coefficient (Wildman–Crippen LogP) is 2.01. The molecule has 0 atom stereocenters. The Kier molecular flexibility index (Phi) is 3.24. The van der Waals surface area contributed by atoms with E-state index >= 15 is 0 Å². The second-order valence-corrected chi connectivity index (χ2v) is 6.55. The smallest absolute Gasteiger partial charge is 0.185 e. The molecule has 18 heavy (non-hydrogen) atoms. The van der Waals surface area contributed by atoms with Gasteiger partial charge in [-0.2, -0.15) is 5.26 Å². The van der Waals surface area contributed by atoms with Crippen molar-refractivity contribution in [3.8, 4) is 6.07 Å². The molecule has 2 heterocycles. The van der Waals surface area contributed by atoms with Gasteiger partial charge in [-0.05, 0) is 34.1 Å². The molecule has 92 valence electrons. The Bertz CT molecular complexity index is 784. The zero-order chi connectivity index (χ0) is 13.3. The first-order valence-electron chi connectivity index (χ1n) is 4.86. The first-order valence-corrected chi connectivity index (χ1v) is 7.55. The number of nitriles is 1. The fraction of sp³-hybridized carbons (Fsp3) is 0.0909. The molecule has 0 saturated carbocycles. The Morgan fingerprint density at radius 1 is 1.56 bits per heavy atom. The molecular formula is C11H8BrN3O2S. The fourth-order valence-electron chi connectivity index (χ4n) is 1.44. The van der Waals surface area contributed by atoms with Gasteiger partial charge in [0.2, 0.25) is 0 Å². The van der Waals surface area contributed by atoms with Gasteiger partial charge in [-0.25, -0.2) is 13.4 Å². The topological polar surface area (TPSA) is 75.2 Å². The second kappa shape index (κ2) is 4.55. The van der Waals surface area contributed by atoms with E-state index in [9.17, 15) is 8.42 Å². The summed E-state index contributed by atoms with van der Waals surface area (Å²) in [5, 5.41) is 8.85. The van der Waals surface area contributed by atoms with E-state index in [0.717, 1.165) is 10.7 Å². The van der Waals surface area contributed by atoms with Crippen LogP contribution in [0.4, 0.5) is 0 Å². The van der Waals surface area contributed by atoms with Gasteiger partial charge in [-0.3, -0.25) is 4.40 Å². The Balaban J connectivity index is 2.66. The average molecular weight is 326 g/mol. The van der Waals surface area contributed by atoms with Crippen molar-refractivity contribution in [3.05, 3.63) is 39.6 Å². The third kappa shape index (κ3) is 2.44. The van der Waals surface area contributed by atoms with Crippen molar-refractivity contribution in [1.82, 2.24) is 9.38 Å². The number of rotatable bonds is 2. The van der Waals surface area contributed by atoms with Crippen molar-refractivity contribution in [2.24, 2.45) is 0 Å². The molecule has 0 radical (unpaired) electrons. The van der Waals surface area contributed by atoms with Gasteiger partial charge in [0.1, 0.15) is 16.6 Å². The van der Waals surface area contributed by atoms with Crippen molar-refractivity contribution < 1.29 is 8.42 Å². The van der Waals surface area contributed by atoms with Gasteiger partial charge < -0.3 is 0 Å². The highest BCUT2D eigenvalue weighted by Gasteiger charge is 2.12. The molecular weight excluding hydrogens is 318 g/mol. The van der Waals surface area contributed by atoms with Crippen LogP contribution in [-0.4, -0.2) is 24.1 Å². The number of imidazole rings is 1. The van der Waals surface area contributed by atoms with Gasteiger partial charge in [0.05, 0.1) is 11.9 Å². The van der Waals surface area contributed by atoms with Crippen LogP contribution in [0.1, 0.15) is 5.69 Å². The van der Waals surface area contributed by atoms with Crippen LogP contribution in [0.25, 0.3) is 11.7 Å². The summed E-state index contributed by atoms with van der Waals surface area (Å²) < 4.78 is 25.3. The van der Waals surface area contributed by atoms with Crippen LogP contribution in [0.5, 0.6) is 0 Å². The van der Waals surface area contributed by atoms with E-state index < -0.39 is 9.84 Å². The molecule has 0 amide bonds. The minimum atomic E-state index is -3.52. The highest BCUT2D eigenvalue weighted by molar-refractivity contribution is 9.10. The molecule has 0 unspecified atom stereocenters. The molecule has 5 nitrogen and oxygen atoms in total. The van der Waals surface area contributed by atoms with Crippen molar-refractivity contribution in [2.75, 3.05) is 6.26 Å². The van der Waals surface area contributed by atoms with Crippen LogP contribution in [0.3, 0.4) is 0 Å². The van der Waals surface area contributed by atoms with E-state index in [-0.39, 0.29) is 4.91 Å². The minimum absolute atomic E-state index is 0.288. The molecule has 0 bridgehead atoms. The molecule has 0 saturated heterocycles. The maximum absolute atomic E-state index is 11.4. The van der Waals surface area contributed by atoms with Crippen LogP contribution in [0, 0.1) is 11.3 Å². The van der Waals surface area contributed by atoms with E-state index in [1.165, 1.54) is 12.3 Å².